The summed E-state index contributed by atoms with van der Waals surface area (Å²) in [5, 5.41) is 4.58. The van der Waals surface area contributed by atoms with E-state index in [1.165, 1.54) is 25.2 Å². The van der Waals surface area contributed by atoms with Gasteiger partial charge in [-0.3, -0.25) is 4.79 Å². The third-order valence-corrected chi connectivity index (χ3v) is 6.90. The van der Waals surface area contributed by atoms with Gasteiger partial charge in [0, 0.05) is 10.9 Å². The van der Waals surface area contributed by atoms with E-state index >= 15 is 0 Å². The molecule has 0 atom stereocenters. The molecule has 0 fully saturated rings. The van der Waals surface area contributed by atoms with Gasteiger partial charge in [0.15, 0.2) is 6.61 Å². The first-order valence-electron chi connectivity index (χ1n) is 10.1. The highest BCUT2D eigenvalue weighted by Crippen LogP contribution is 2.36. The summed E-state index contributed by atoms with van der Waals surface area (Å²) in [6.07, 6.45) is 0. The number of rotatable bonds is 9. The van der Waals surface area contributed by atoms with E-state index < -0.39 is 34.5 Å². The second-order valence-electron chi connectivity index (χ2n) is 6.80. The van der Waals surface area contributed by atoms with Crippen LogP contribution in [-0.4, -0.2) is 46.5 Å². The zero-order valence-corrected chi connectivity index (χ0v) is 20.0. The number of carbonyl (C=O) groups excluding carboxylic acids is 3. The molecule has 1 amide bonds. The van der Waals surface area contributed by atoms with Gasteiger partial charge in [0.25, 0.3) is 5.91 Å². The number of nitrogens with one attached hydrogen (secondary N) is 2. The van der Waals surface area contributed by atoms with E-state index in [-0.39, 0.29) is 27.6 Å². The van der Waals surface area contributed by atoms with Crippen molar-refractivity contribution in [2.45, 2.75) is 11.8 Å². The summed E-state index contributed by atoms with van der Waals surface area (Å²) >= 11 is 1.14. The Morgan fingerprint density at radius 1 is 0.971 bits per heavy atom. The van der Waals surface area contributed by atoms with E-state index in [4.69, 9.17) is 9.47 Å². The second-order valence-corrected chi connectivity index (χ2v) is 9.57. The van der Waals surface area contributed by atoms with Crippen LogP contribution in [0.1, 0.15) is 27.6 Å². The molecule has 3 aromatic rings. The number of carbonyl (C=O) groups is 3. The molecule has 0 unspecified atom stereocenters. The predicted molar refractivity (Wildman–Crippen MR) is 127 cm³/mol. The van der Waals surface area contributed by atoms with Crippen molar-refractivity contribution in [2.75, 3.05) is 25.6 Å². The Morgan fingerprint density at radius 3 is 2.38 bits per heavy atom. The smallest absolute Gasteiger partial charge is 0.341 e. The number of anilines is 1. The summed E-state index contributed by atoms with van der Waals surface area (Å²) in [6, 6.07) is 14.4. The van der Waals surface area contributed by atoms with Crippen molar-refractivity contribution < 1.29 is 32.3 Å². The monoisotopic (exact) mass is 502 g/mol. The molecule has 178 valence electrons. The first-order valence-corrected chi connectivity index (χ1v) is 12.5. The minimum atomic E-state index is -3.74. The molecule has 0 saturated carbocycles. The molecule has 34 heavy (non-hydrogen) atoms. The third-order valence-electron chi connectivity index (χ3n) is 4.59. The minimum Gasteiger partial charge on any atom is -0.462 e. The van der Waals surface area contributed by atoms with Crippen molar-refractivity contribution in [3.63, 3.8) is 0 Å². The molecule has 0 aliphatic heterocycles. The minimum absolute atomic E-state index is 0.0289. The molecular formula is C23H22N2O7S2. The standard InChI is InChI=1S/C23H22N2O7S2/c1-3-31-23(28)20-18(15-8-5-4-6-9-15)14-33-21(20)25-19(26)13-32-22(27)16-10-7-11-17(12-16)34(29,30)24-2/h4-12,14,24H,3,13H2,1-2H3,(H,25,26). The molecule has 11 heteroatoms. The fraction of sp³-hybridized carbons (Fsp3) is 0.174. The van der Waals surface area contributed by atoms with Crippen LogP contribution in [-0.2, 0) is 24.3 Å². The Kier molecular flexibility index (Phi) is 8.16. The maximum atomic E-state index is 12.6. The van der Waals surface area contributed by atoms with Crippen molar-refractivity contribution in [3.05, 3.63) is 71.1 Å². The van der Waals surface area contributed by atoms with Crippen molar-refractivity contribution in [3.8, 4) is 11.1 Å². The quantitative estimate of drug-likeness (QED) is 0.430. The predicted octanol–water partition coefficient (Wildman–Crippen LogP) is 3.30. The van der Waals surface area contributed by atoms with Crippen LogP contribution in [0.25, 0.3) is 11.1 Å². The maximum Gasteiger partial charge on any atom is 0.341 e. The SMILES string of the molecule is CCOC(=O)c1c(-c2ccccc2)csc1NC(=O)COC(=O)c1cccc(S(=O)(=O)NC)c1. The van der Waals surface area contributed by atoms with Gasteiger partial charge >= 0.3 is 11.9 Å². The molecule has 0 saturated heterocycles. The van der Waals surface area contributed by atoms with Crippen molar-refractivity contribution in [1.82, 2.24) is 4.72 Å². The molecule has 1 heterocycles. The molecular weight excluding hydrogens is 480 g/mol. The normalized spacial score (nSPS) is 11.0. The lowest BCUT2D eigenvalue weighted by atomic mass is 10.0. The zero-order valence-electron chi connectivity index (χ0n) is 18.4. The van der Waals surface area contributed by atoms with E-state index in [9.17, 15) is 22.8 Å². The third kappa shape index (κ3) is 5.87. The summed E-state index contributed by atoms with van der Waals surface area (Å²) in [7, 11) is -2.49. The van der Waals surface area contributed by atoms with Gasteiger partial charge in [-0.2, -0.15) is 0 Å². The van der Waals surface area contributed by atoms with Gasteiger partial charge in [-0.05, 0) is 37.7 Å². The fourth-order valence-corrected chi connectivity index (χ4v) is 4.72. The van der Waals surface area contributed by atoms with E-state index in [2.05, 4.69) is 10.0 Å². The molecule has 2 N–H and O–H groups in total. The van der Waals surface area contributed by atoms with Crippen molar-refractivity contribution >= 4 is 44.2 Å². The first kappa shape index (κ1) is 25.1. The fourth-order valence-electron chi connectivity index (χ4n) is 2.97. The van der Waals surface area contributed by atoms with Crippen LogP contribution in [0, 0.1) is 0 Å². The average Bonchev–Trinajstić information content (AvgIpc) is 3.26. The van der Waals surface area contributed by atoms with Gasteiger partial charge in [-0.1, -0.05) is 36.4 Å². The van der Waals surface area contributed by atoms with Crippen LogP contribution < -0.4 is 10.0 Å². The Morgan fingerprint density at radius 2 is 1.71 bits per heavy atom. The molecule has 2 aromatic carbocycles. The van der Waals surface area contributed by atoms with Gasteiger partial charge in [0.2, 0.25) is 10.0 Å². The summed E-state index contributed by atoms with van der Waals surface area (Å²) in [4.78, 5) is 37.3. The summed E-state index contributed by atoms with van der Waals surface area (Å²) in [5.74, 6) is -2.12. The number of hydrogen-bond acceptors (Lipinski definition) is 8. The number of hydrogen-bond donors (Lipinski definition) is 2. The number of thiophene rings is 1. The van der Waals surface area contributed by atoms with E-state index in [1.807, 2.05) is 30.3 Å². The van der Waals surface area contributed by atoms with E-state index in [1.54, 1.807) is 12.3 Å². The number of sulfonamides is 1. The van der Waals surface area contributed by atoms with Gasteiger partial charge in [0.1, 0.15) is 10.6 Å². The molecule has 0 bridgehead atoms. The number of amides is 1. The van der Waals surface area contributed by atoms with E-state index in [0.29, 0.717) is 5.56 Å². The number of ether oxygens (including phenoxy) is 2. The highest BCUT2D eigenvalue weighted by molar-refractivity contribution is 7.89. The molecule has 0 aliphatic carbocycles. The Balaban J connectivity index is 1.73. The lowest BCUT2D eigenvalue weighted by Gasteiger charge is -2.10. The van der Waals surface area contributed by atoms with Crippen LogP contribution >= 0.6 is 11.3 Å². The molecule has 0 spiro atoms. The van der Waals surface area contributed by atoms with Crippen LogP contribution in [0.4, 0.5) is 5.00 Å². The van der Waals surface area contributed by atoms with Gasteiger partial charge in [0.05, 0.1) is 17.1 Å². The topological polar surface area (TPSA) is 128 Å². The number of benzene rings is 2. The first-order chi connectivity index (χ1) is 16.3. The van der Waals surface area contributed by atoms with E-state index in [0.717, 1.165) is 23.0 Å². The van der Waals surface area contributed by atoms with Crippen molar-refractivity contribution in [1.29, 1.82) is 0 Å². The Labute approximate surface area is 200 Å². The number of esters is 2. The molecule has 3 rings (SSSR count). The average molecular weight is 503 g/mol. The lowest BCUT2D eigenvalue weighted by Crippen LogP contribution is -2.22. The summed E-state index contributed by atoms with van der Waals surface area (Å²) in [6.45, 7) is 1.21. The van der Waals surface area contributed by atoms with Gasteiger partial charge in [-0.25, -0.2) is 22.7 Å². The highest BCUT2D eigenvalue weighted by Gasteiger charge is 2.23. The Bertz CT molecular complexity index is 1300. The lowest BCUT2D eigenvalue weighted by molar-refractivity contribution is -0.119. The molecule has 9 nitrogen and oxygen atoms in total. The second kappa shape index (κ2) is 11.1. The van der Waals surface area contributed by atoms with Crippen LogP contribution in [0.2, 0.25) is 0 Å². The van der Waals surface area contributed by atoms with Crippen LogP contribution in [0.5, 0.6) is 0 Å². The largest absolute Gasteiger partial charge is 0.462 e. The van der Waals surface area contributed by atoms with Gasteiger partial charge < -0.3 is 14.8 Å². The highest BCUT2D eigenvalue weighted by atomic mass is 32.2. The molecule has 1 aromatic heterocycles. The van der Waals surface area contributed by atoms with Crippen LogP contribution in [0.3, 0.4) is 0 Å². The summed E-state index contributed by atoms with van der Waals surface area (Å²) in [5.41, 5.74) is 1.57. The maximum absolute atomic E-state index is 12.6. The van der Waals surface area contributed by atoms with Crippen molar-refractivity contribution in [2.24, 2.45) is 0 Å². The Hall–Kier alpha value is -3.54. The van der Waals surface area contributed by atoms with Crippen LogP contribution in [0.15, 0.2) is 64.9 Å². The molecule has 0 radical (unpaired) electrons. The summed E-state index contributed by atoms with van der Waals surface area (Å²) < 4.78 is 36.2. The molecule has 0 aliphatic rings. The van der Waals surface area contributed by atoms with Gasteiger partial charge in [-0.15, -0.1) is 11.3 Å². The zero-order chi connectivity index (χ0) is 24.7.